The summed E-state index contributed by atoms with van der Waals surface area (Å²) in [5, 5.41) is 7.89. The first-order valence-corrected chi connectivity index (χ1v) is 14.6. The Labute approximate surface area is 240 Å². The summed E-state index contributed by atoms with van der Waals surface area (Å²) in [6.45, 7) is 8.26. The highest BCUT2D eigenvalue weighted by atomic mass is 16.5. The third-order valence-corrected chi connectivity index (χ3v) is 8.53. The van der Waals surface area contributed by atoms with Crippen molar-refractivity contribution in [1.82, 2.24) is 24.9 Å². The number of nitrogens with one attached hydrogen (secondary N) is 1. The highest BCUT2D eigenvalue weighted by Crippen LogP contribution is 2.37. The Hall–Kier alpha value is -3.73. The van der Waals surface area contributed by atoms with Gasteiger partial charge in [0.25, 0.3) is 11.8 Å². The molecule has 11 heteroatoms. The molecule has 0 radical (unpaired) electrons. The predicted molar refractivity (Wildman–Crippen MR) is 150 cm³/mol. The van der Waals surface area contributed by atoms with Crippen molar-refractivity contribution in [2.24, 2.45) is 5.41 Å². The van der Waals surface area contributed by atoms with Gasteiger partial charge in [0.2, 0.25) is 5.91 Å². The topological polar surface area (TPSA) is 123 Å². The van der Waals surface area contributed by atoms with Gasteiger partial charge in [-0.15, -0.1) is 0 Å². The van der Waals surface area contributed by atoms with E-state index in [1.54, 1.807) is 38.7 Å². The molecule has 0 unspecified atom stereocenters. The van der Waals surface area contributed by atoms with Crippen LogP contribution in [0.25, 0.3) is 0 Å². The Kier molecular flexibility index (Phi) is 8.72. The molecule has 3 aliphatic heterocycles. The highest BCUT2D eigenvalue weighted by Gasteiger charge is 2.39. The molecule has 1 aromatic heterocycles. The lowest BCUT2D eigenvalue weighted by atomic mass is 9.75. The first-order valence-electron chi connectivity index (χ1n) is 14.6. The van der Waals surface area contributed by atoms with Crippen LogP contribution in [-0.2, 0) is 33.7 Å². The maximum atomic E-state index is 13.0. The fourth-order valence-electron chi connectivity index (χ4n) is 6.04. The van der Waals surface area contributed by atoms with Gasteiger partial charge in [-0.1, -0.05) is 6.07 Å². The number of hydrogen-bond acceptors (Lipinski definition) is 7. The minimum atomic E-state index is -0.487. The number of carbonyl (C=O) groups is 4. The van der Waals surface area contributed by atoms with E-state index in [-0.39, 0.29) is 29.7 Å². The van der Waals surface area contributed by atoms with Gasteiger partial charge in [-0.2, -0.15) is 5.10 Å². The summed E-state index contributed by atoms with van der Waals surface area (Å²) in [6, 6.07) is 6.57. The summed E-state index contributed by atoms with van der Waals surface area (Å²) >= 11 is 0. The second-order valence-electron chi connectivity index (χ2n) is 11.2. The van der Waals surface area contributed by atoms with E-state index in [9.17, 15) is 19.2 Å². The van der Waals surface area contributed by atoms with Crippen molar-refractivity contribution in [3.05, 3.63) is 52.3 Å². The number of aryl methyl sites for hydroxylation is 2. The summed E-state index contributed by atoms with van der Waals surface area (Å²) < 4.78 is 12.9. The van der Waals surface area contributed by atoms with Gasteiger partial charge in [0.05, 0.1) is 17.9 Å². The standard InChI is InChI=1S/C30H39N5O6/c1-3-35-26-24(19-30(20-31-27(26)37)9-16-40-17-10-30)25(32-35)8-5-15-41-29(39)23-7-4-6-22(18-23)28(38)34-13-11-33(12-14-34)21(2)36/h4,6-7,18H,3,5,8-17,19-20H2,1-2H3,(H,31,37). The van der Waals surface area contributed by atoms with Crippen molar-refractivity contribution in [1.29, 1.82) is 0 Å². The summed E-state index contributed by atoms with van der Waals surface area (Å²) in [7, 11) is 0. The van der Waals surface area contributed by atoms with E-state index in [4.69, 9.17) is 14.6 Å². The molecule has 1 N–H and O–H groups in total. The third-order valence-electron chi connectivity index (χ3n) is 8.53. The molecule has 2 fully saturated rings. The maximum absolute atomic E-state index is 13.0. The van der Waals surface area contributed by atoms with Crippen molar-refractivity contribution in [3.63, 3.8) is 0 Å². The molecule has 41 heavy (non-hydrogen) atoms. The molecular formula is C30H39N5O6. The van der Waals surface area contributed by atoms with Gasteiger partial charge in [0.1, 0.15) is 5.69 Å². The number of fused-ring (bicyclic) bond motifs is 1. The molecule has 2 aromatic rings. The summed E-state index contributed by atoms with van der Waals surface area (Å²) in [5.41, 5.74) is 3.26. The van der Waals surface area contributed by atoms with Crippen LogP contribution in [0, 0.1) is 5.41 Å². The quantitative estimate of drug-likeness (QED) is 0.403. The van der Waals surface area contributed by atoms with Crippen LogP contribution >= 0.6 is 0 Å². The zero-order valence-corrected chi connectivity index (χ0v) is 23.9. The van der Waals surface area contributed by atoms with Crippen LogP contribution in [0.1, 0.15) is 75.6 Å². The molecule has 2 saturated heterocycles. The van der Waals surface area contributed by atoms with Crippen molar-refractivity contribution < 1.29 is 28.7 Å². The van der Waals surface area contributed by atoms with E-state index in [0.717, 1.165) is 30.5 Å². The number of carbonyl (C=O) groups excluding carboxylic acids is 4. The number of benzene rings is 1. The van der Waals surface area contributed by atoms with Gasteiger partial charge >= 0.3 is 5.97 Å². The molecule has 220 valence electrons. The van der Waals surface area contributed by atoms with E-state index in [1.807, 2.05) is 6.92 Å². The van der Waals surface area contributed by atoms with E-state index < -0.39 is 5.97 Å². The average molecular weight is 566 g/mol. The maximum Gasteiger partial charge on any atom is 0.338 e. The Morgan fingerprint density at radius 1 is 1.07 bits per heavy atom. The van der Waals surface area contributed by atoms with Gasteiger partial charge < -0.3 is 24.6 Å². The minimum Gasteiger partial charge on any atom is -0.462 e. The molecule has 0 saturated carbocycles. The third kappa shape index (κ3) is 6.29. The lowest BCUT2D eigenvalue weighted by Gasteiger charge is -2.36. The van der Waals surface area contributed by atoms with Crippen molar-refractivity contribution in [2.45, 2.75) is 52.5 Å². The van der Waals surface area contributed by atoms with Crippen molar-refractivity contribution >= 4 is 23.7 Å². The number of aromatic nitrogens is 2. The predicted octanol–water partition coefficient (Wildman–Crippen LogP) is 2.08. The van der Waals surface area contributed by atoms with E-state index in [0.29, 0.717) is 82.1 Å². The van der Waals surface area contributed by atoms with Crippen LogP contribution in [0.15, 0.2) is 24.3 Å². The summed E-state index contributed by atoms with van der Waals surface area (Å²) in [5.74, 6) is -0.726. The number of piperazine rings is 1. The van der Waals surface area contributed by atoms with Gasteiger partial charge in [-0.3, -0.25) is 19.1 Å². The molecule has 0 bridgehead atoms. The van der Waals surface area contributed by atoms with Crippen LogP contribution in [-0.4, -0.2) is 95.8 Å². The lowest BCUT2D eigenvalue weighted by molar-refractivity contribution is -0.130. The smallest absolute Gasteiger partial charge is 0.338 e. The van der Waals surface area contributed by atoms with Gasteiger partial charge in [-0.25, -0.2) is 4.79 Å². The number of hydrogen-bond donors (Lipinski definition) is 1. The van der Waals surface area contributed by atoms with Crippen LogP contribution in [0.5, 0.6) is 0 Å². The zero-order chi connectivity index (χ0) is 29.0. The SMILES string of the molecule is CCn1nc(CCCOC(=O)c2cccc(C(=O)N3CCN(C(C)=O)CC3)c2)c2c1C(=O)NCC1(CCOCC1)C2. The van der Waals surface area contributed by atoms with Crippen molar-refractivity contribution in [3.8, 4) is 0 Å². The lowest BCUT2D eigenvalue weighted by Crippen LogP contribution is -2.50. The number of ether oxygens (including phenoxy) is 2. The molecule has 3 aliphatic rings. The summed E-state index contributed by atoms with van der Waals surface area (Å²) in [4.78, 5) is 53.8. The zero-order valence-electron chi connectivity index (χ0n) is 23.9. The Bertz CT molecular complexity index is 1310. The van der Waals surface area contributed by atoms with Crippen molar-refractivity contribution in [2.75, 3.05) is 52.5 Å². The Morgan fingerprint density at radius 2 is 1.78 bits per heavy atom. The first kappa shape index (κ1) is 28.8. The van der Waals surface area contributed by atoms with Gasteiger partial charge in [0, 0.05) is 70.5 Å². The number of rotatable bonds is 7. The number of esters is 1. The molecule has 3 amide bonds. The molecule has 11 nitrogen and oxygen atoms in total. The number of amides is 3. The second kappa shape index (κ2) is 12.4. The van der Waals surface area contributed by atoms with Crippen LogP contribution in [0.3, 0.4) is 0 Å². The van der Waals surface area contributed by atoms with Crippen LogP contribution in [0.2, 0.25) is 0 Å². The number of nitrogens with zero attached hydrogens (tertiary/aromatic N) is 4. The summed E-state index contributed by atoms with van der Waals surface area (Å²) in [6.07, 6.45) is 3.74. The van der Waals surface area contributed by atoms with Gasteiger partial charge in [-0.05, 0) is 62.6 Å². The van der Waals surface area contributed by atoms with E-state index in [2.05, 4.69) is 5.32 Å². The largest absolute Gasteiger partial charge is 0.462 e. The normalized spacial score (nSPS) is 18.4. The van der Waals surface area contributed by atoms with E-state index >= 15 is 0 Å². The first-order chi connectivity index (χ1) is 19.8. The Balaban J connectivity index is 1.19. The van der Waals surface area contributed by atoms with E-state index in [1.165, 1.54) is 6.92 Å². The minimum absolute atomic E-state index is 0.00433. The molecule has 0 aliphatic carbocycles. The molecule has 1 aromatic carbocycles. The Morgan fingerprint density at radius 3 is 2.49 bits per heavy atom. The average Bonchev–Trinajstić information content (AvgIpc) is 3.27. The monoisotopic (exact) mass is 565 g/mol. The second-order valence-corrected chi connectivity index (χ2v) is 11.2. The van der Waals surface area contributed by atoms with Crippen LogP contribution in [0.4, 0.5) is 0 Å². The fraction of sp³-hybridized carbons (Fsp3) is 0.567. The highest BCUT2D eigenvalue weighted by molar-refractivity contribution is 5.98. The molecular weight excluding hydrogens is 526 g/mol. The van der Waals surface area contributed by atoms with Gasteiger partial charge in [0.15, 0.2) is 0 Å². The molecule has 1 spiro atoms. The fourth-order valence-corrected chi connectivity index (χ4v) is 6.04. The van der Waals surface area contributed by atoms with Crippen LogP contribution < -0.4 is 5.32 Å². The molecule has 4 heterocycles. The molecule has 0 atom stereocenters. The molecule has 5 rings (SSSR count).